The lowest BCUT2D eigenvalue weighted by Crippen LogP contribution is -2.14. The van der Waals surface area contributed by atoms with Crippen LogP contribution < -0.4 is 0 Å². The average Bonchev–Trinajstić information content (AvgIpc) is 2.52. The molecule has 0 amide bonds. The highest BCUT2D eigenvalue weighted by atomic mass is 19.4. The Hall–Kier alpha value is -2.90. The Morgan fingerprint density at radius 3 is 2.35 bits per heavy atom. The van der Waals surface area contributed by atoms with Crippen LogP contribution in [-0.2, 0) is 10.9 Å². The van der Waals surface area contributed by atoms with E-state index < -0.39 is 34.9 Å². The van der Waals surface area contributed by atoms with Crippen LogP contribution in [0.2, 0.25) is 0 Å². The monoisotopic (exact) mass is 325 g/mol. The minimum Gasteiger partial charge on any atom is -0.397 e. The fourth-order valence-corrected chi connectivity index (χ4v) is 1.97. The molecule has 2 aromatic rings. The molecule has 0 atom stereocenters. The molecule has 120 valence electrons. The molecule has 5 nitrogen and oxygen atoms in total. The van der Waals surface area contributed by atoms with Gasteiger partial charge in [-0.3, -0.25) is 10.1 Å². The molecule has 0 heterocycles. The third kappa shape index (κ3) is 4.06. The molecule has 0 aliphatic rings. The zero-order valence-corrected chi connectivity index (χ0v) is 11.5. The van der Waals surface area contributed by atoms with E-state index in [1.165, 1.54) is 12.1 Å². The second-order valence-corrected chi connectivity index (χ2v) is 4.52. The quantitative estimate of drug-likeness (QED) is 0.371. The van der Waals surface area contributed by atoms with E-state index in [1.54, 1.807) is 18.2 Å². The van der Waals surface area contributed by atoms with Crippen molar-refractivity contribution in [2.75, 3.05) is 6.73 Å². The molecule has 0 aliphatic carbocycles. The molecule has 8 heteroatoms. The first kappa shape index (κ1) is 16.5. The number of nitrogens with zero attached hydrogens (tertiary/aromatic N) is 1. The van der Waals surface area contributed by atoms with Crippen molar-refractivity contribution in [3.05, 3.63) is 69.8 Å². The summed E-state index contributed by atoms with van der Waals surface area (Å²) in [5.74, 6) is -1.19. The van der Waals surface area contributed by atoms with Crippen LogP contribution in [0.3, 0.4) is 0 Å². The molecule has 0 aliphatic heterocycles. The zero-order valence-electron chi connectivity index (χ0n) is 11.5. The number of rotatable bonds is 4. The maximum Gasteiger partial charge on any atom is 0.417 e. The summed E-state index contributed by atoms with van der Waals surface area (Å²) in [5.41, 5.74) is -1.17. The van der Waals surface area contributed by atoms with Crippen LogP contribution in [0.4, 0.5) is 13.2 Å². The molecule has 0 fully saturated rings. The predicted octanol–water partition coefficient (Wildman–Crippen LogP) is 3.76. The highest BCUT2D eigenvalue weighted by Gasteiger charge is 2.34. The van der Waals surface area contributed by atoms with Gasteiger partial charge in [-0.1, -0.05) is 36.4 Å². The van der Waals surface area contributed by atoms with Gasteiger partial charge in [0.2, 0.25) is 0 Å². The normalized spacial score (nSPS) is 11.1. The largest absolute Gasteiger partial charge is 0.417 e. The molecule has 2 rings (SSSR count). The molecule has 23 heavy (non-hydrogen) atoms. The summed E-state index contributed by atoms with van der Waals surface area (Å²) >= 11 is 0. The predicted molar refractivity (Wildman–Crippen MR) is 74.2 cm³/mol. The first-order chi connectivity index (χ1) is 10.8. The fourth-order valence-electron chi connectivity index (χ4n) is 1.97. The second-order valence-electron chi connectivity index (χ2n) is 4.52. The van der Waals surface area contributed by atoms with Crippen LogP contribution in [0.25, 0.3) is 11.1 Å². The number of nitro groups is 1. The molecular weight excluding hydrogens is 315 g/mol. The van der Waals surface area contributed by atoms with E-state index in [0.29, 0.717) is 11.6 Å². The first-order valence-corrected chi connectivity index (χ1v) is 6.34. The van der Waals surface area contributed by atoms with Gasteiger partial charge in [-0.2, -0.15) is 13.2 Å². The van der Waals surface area contributed by atoms with Crippen molar-refractivity contribution in [1.29, 1.82) is 0 Å². The summed E-state index contributed by atoms with van der Waals surface area (Å²) in [5, 5.41) is 10.1. The van der Waals surface area contributed by atoms with Crippen LogP contribution >= 0.6 is 0 Å². The minimum atomic E-state index is -4.69. The van der Waals surface area contributed by atoms with Gasteiger partial charge in [0, 0.05) is 0 Å². The van der Waals surface area contributed by atoms with E-state index in [0.717, 1.165) is 12.1 Å². The molecule has 2 aromatic carbocycles. The van der Waals surface area contributed by atoms with Gasteiger partial charge in [-0.25, -0.2) is 4.79 Å². The molecule has 0 aromatic heterocycles. The highest BCUT2D eigenvalue weighted by Crippen LogP contribution is 2.37. The molecule has 0 saturated heterocycles. The summed E-state index contributed by atoms with van der Waals surface area (Å²) < 4.78 is 44.0. The Balaban J connectivity index is 2.43. The summed E-state index contributed by atoms with van der Waals surface area (Å²) in [6, 6.07) is 10.8. The topological polar surface area (TPSA) is 69.4 Å². The number of halogens is 3. The number of carbonyl (C=O) groups is 1. The number of alkyl halides is 3. The van der Waals surface area contributed by atoms with Crippen molar-refractivity contribution in [3.8, 4) is 11.1 Å². The lowest BCUT2D eigenvalue weighted by atomic mass is 9.97. The average molecular weight is 325 g/mol. The van der Waals surface area contributed by atoms with E-state index in [2.05, 4.69) is 4.74 Å². The summed E-state index contributed by atoms with van der Waals surface area (Å²) in [4.78, 5) is 20.8. The number of hydrogen-bond donors (Lipinski definition) is 0. The fraction of sp³-hybridized carbons (Fsp3) is 0.133. The Kier molecular flexibility index (Phi) is 4.63. The van der Waals surface area contributed by atoms with Crippen LogP contribution in [0, 0.1) is 10.1 Å². The lowest BCUT2D eigenvalue weighted by Gasteiger charge is -2.14. The van der Waals surface area contributed by atoms with Gasteiger partial charge >= 0.3 is 18.9 Å². The summed E-state index contributed by atoms with van der Waals surface area (Å²) in [6.07, 6.45) is -4.69. The van der Waals surface area contributed by atoms with Crippen molar-refractivity contribution in [2.45, 2.75) is 6.18 Å². The maximum absolute atomic E-state index is 13.2. The van der Waals surface area contributed by atoms with E-state index in [1.807, 2.05) is 0 Å². The Morgan fingerprint density at radius 1 is 1.13 bits per heavy atom. The third-order valence-corrected chi connectivity index (χ3v) is 2.95. The van der Waals surface area contributed by atoms with E-state index in [-0.39, 0.29) is 5.56 Å². The molecule has 0 saturated carbocycles. The van der Waals surface area contributed by atoms with Gasteiger partial charge in [0.1, 0.15) is 0 Å². The Morgan fingerprint density at radius 2 is 1.78 bits per heavy atom. The number of carbonyl (C=O) groups excluding carboxylic acids is 1. The maximum atomic E-state index is 13.2. The Labute approximate surface area is 128 Å². The van der Waals surface area contributed by atoms with Crippen LogP contribution in [0.1, 0.15) is 15.9 Å². The van der Waals surface area contributed by atoms with Gasteiger partial charge in [-0.05, 0) is 23.3 Å². The molecular formula is C15H10F3NO4. The molecule has 0 unspecified atom stereocenters. The number of ether oxygens (including phenoxy) is 1. The number of hydrogen-bond acceptors (Lipinski definition) is 4. The van der Waals surface area contributed by atoms with Gasteiger partial charge in [-0.15, -0.1) is 0 Å². The van der Waals surface area contributed by atoms with Crippen molar-refractivity contribution < 1.29 is 27.6 Å². The first-order valence-electron chi connectivity index (χ1n) is 6.34. The van der Waals surface area contributed by atoms with E-state index in [4.69, 9.17) is 0 Å². The van der Waals surface area contributed by atoms with Gasteiger partial charge in [0.05, 0.1) is 16.1 Å². The van der Waals surface area contributed by atoms with Crippen molar-refractivity contribution in [2.24, 2.45) is 0 Å². The summed E-state index contributed by atoms with van der Waals surface area (Å²) in [7, 11) is 0. The Bertz CT molecular complexity index is 729. The molecule has 0 radical (unpaired) electrons. The highest BCUT2D eigenvalue weighted by molar-refractivity contribution is 5.90. The second kappa shape index (κ2) is 6.47. The minimum absolute atomic E-state index is 0.0936. The standard InChI is InChI=1S/C15H10F3NO4/c16-15(17,18)13-8-11(14(20)23-9-19(21)22)6-7-12(13)10-4-2-1-3-5-10/h1-8H,9H2. The SMILES string of the molecule is O=C(OC[N+](=O)[O-])c1ccc(-c2ccccc2)c(C(F)(F)F)c1. The lowest BCUT2D eigenvalue weighted by molar-refractivity contribution is -0.517. The van der Waals surface area contributed by atoms with Crippen molar-refractivity contribution in [3.63, 3.8) is 0 Å². The third-order valence-electron chi connectivity index (χ3n) is 2.95. The van der Waals surface area contributed by atoms with Crippen LogP contribution in [-0.4, -0.2) is 17.6 Å². The van der Waals surface area contributed by atoms with Crippen LogP contribution in [0.5, 0.6) is 0 Å². The zero-order chi connectivity index (χ0) is 17.0. The van der Waals surface area contributed by atoms with Gasteiger partial charge < -0.3 is 4.74 Å². The van der Waals surface area contributed by atoms with Gasteiger partial charge in [0.25, 0.3) is 0 Å². The van der Waals surface area contributed by atoms with Crippen molar-refractivity contribution >= 4 is 5.97 Å². The molecule has 0 bridgehead atoms. The number of esters is 1. The van der Waals surface area contributed by atoms with E-state index >= 15 is 0 Å². The van der Waals surface area contributed by atoms with Gasteiger partial charge in [0.15, 0.2) is 0 Å². The van der Waals surface area contributed by atoms with E-state index in [9.17, 15) is 28.1 Å². The van der Waals surface area contributed by atoms with Crippen LogP contribution in [0.15, 0.2) is 48.5 Å². The molecule has 0 N–H and O–H groups in total. The smallest absolute Gasteiger partial charge is 0.397 e. The van der Waals surface area contributed by atoms with Crippen molar-refractivity contribution in [1.82, 2.24) is 0 Å². The number of benzene rings is 2. The summed E-state index contributed by atoms with van der Waals surface area (Å²) in [6.45, 7) is -1.11. The molecule has 0 spiro atoms.